The fourth-order valence-electron chi connectivity index (χ4n) is 2.84. The van der Waals surface area contributed by atoms with Crippen molar-refractivity contribution in [2.75, 3.05) is 18.2 Å². The Morgan fingerprint density at radius 3 is 2.69 bits per heavy atom. The van der Waals surface area contributed by atoms with Gasteiger partial charge in [-0.05, 0) is 12.1 Å². The van der Waals surface area contributed by atoms with Gasteiger partial charge in [-0.15, -0.1) is 0 Å². The van der Waals surface area contributed by atoms with E-state index in [4.69, 9.17) is 31.5 Å². The SMILES string of the molecule is COc1cc(Nc2c(N)cnc3cc4c(cc23)OC(C)O4)c(F)cc1Cl. The summed E-state index contributed by atoms with van der Waals surface area (Å²) in [6, 6.07) is 6.18. The van der Waals surface area contributed by atoms with Crippen LogP contribution in [0.5, 0.6) is 17.2 Å². The standard InChI is InChI=1S/C18H15ClFN3O3/c1-8-25-16-3-9-13(5-17(16)26-8)22-7-12(21)18(9)23-14-6-15(24-2)10(19)4-11(14)20/h3-8H,21H2,1-2H3,(H,22,23). The maximum atomic E-state index is 14.4. The van der Waals surface area contributed by atoms with Crippen molar-refractivity contribution in [2.24, 2.45) is 0 Å². The Balaban J connectivity index is 1.84. The highest BCUT2D eigenvalue weighted by Gasteiger charge is 2.22. The Morgan fingerprint density at radius 2 is 1.96 bits per heavy atom. The van der Waals surface area contributed by atoms with E-state index in [2.05, 4.69) is 10.3 Å². The molecule has 0 bridgehead atoms. The molecular weight excluding hydrogens is 361 g/mol. The molecule has 2 aromatic carbocycles. The first-order valence-electron chi connectivity index (χ1n) is 7.82. The number of aromatic nitrogens is 1. The highest BCUT2D eigenvalue weighted by atomic mass is 35.5. The second-order valence-corrected chi connectivity index (χ2v) is 6.21. The number of anilines is 3. The number of nitrogens with zero attached hydrogens (tertiary/aromatic N) is 1. The van der Waals surface area contributed by atoms with Gasteiger partial charge in [0.1, 0.15) is 11.6 Å². The molecule has 0 saturated heterocycles. The number of hydrogen-bond donors (Lipinski definition) is 2. The summed E-state index contributed by atoms with van der Waals surface area (Å²) in [6.07, 6.45) is 1.12. The fraction of sp³-hybridized carbons (Fsp3) is 0.167. The molecule has 4 rings (SSSR count). The number of methoxy groups -OCH3 is 1. The van der Waals surface area contributed by atoms with Crippen molar-refractivity contribution < 1.29 is 18.6 Å². The van der Waals surface area contributed by atoms with Crippen molar-refractivity contribution in [3.05, 3.63) is 41.3 Å². The van der Waals surface area contributed by atoms with Gasteiger partial charge in [-0.1, -0.05) is 11.6 Å². The topological polar surface area (TPSA) is 78.6 Å². The van der Waals surface area contributed by atoms with Crippen LogP contribution in [0.2, 0.25) is 5.02 Å². The molecule has 1 aromatic heterocycles. The van der Waals surface area contributed by atoms with E-state index in [1.54, 1.807) is 19.1 Å². The normalized spacial score (nSPS) is 15.3. The van der Waals surface area contributed by atoms with Crippen LogP contribution in [0.25, 0.3) is 10.9 Å². The van der Waals surface area contributed by atoms with Gasteiger partial charge >= 0.3 is 0 Å². The maximum absolute atomic E-state index is 14.4. The molecule has 2 heterocycles. The third-order valence-corrected chi connectivity index (χ3v) is 4.35. The van der Waals surface area contributed by atoms with Crippen LogP contribution in [-0.2, 0) is 0 Å². The Morgan fingerprint density at radius 1 is 1.23 bits per heavy atom. The van der Waals surface area contributed by atoms with Crippen molar-refractivity contribution in [3.8, 4) is 17.2 Å². The molecule has 6 nitrogen and oxygen atoms in total. The summed E-state index contributed by atoms with van der Waals surface area (Å²) in [5.74, 6) is 0.996. The summed E-state index contributed by atoms with van der Waals surface area (Å²) in [5, 5.41) is 3.87. The van der Waals surface area contributed by atoms with Gasteiger partial charge in [0, 0.05) is 24.4 Å². The first kappa shape index (κ1) is 16.5. The van der Waals surface area contributed by atoms with Crippen molar-refractivity contribution in [3.63, 3.8) is 0 Å². The van der Waals surface area contributed by atoms with Crippen LogP contribution in [0.1, 0.15) is 6.92 Å². The molecule has 3 aromatic rings. The third kappa shape index (κ3) is 2.70. The van der Waals surface area contributed by atoms with E-state index in [0.717, 1.165) is 0 Å². The molecule has 0 radical (unpaired) electrons. The number of benzene rings is 2. The van der Waals surface area contributed by atoms with Crippen LogP contribution in [0, 0.1) is 5.82 Å². The smallest absolute Gasteiger partial charge is 0.238 e. The zero-order valence-corrected chi connectivity index (χ0v) is 14.7. The molecule has 3 N–H and O–H groups in total. The highest BCUT2D eigenvalue weighted by molar-refractivity contribution is 6.32. The van der Waals surface area contributed by atoms with E-state index in [0.29, 0.717) is 39.5 Å². The number of hydrogen-bond acceptors (Lipinski definition) is 6. The summed E-state index contributed by atoms with van der Waals surface area (Å²) in [5.41, 5.74) is 7.76. The number of nitrogens with one attached hydrogen (secondary N) is 1. The summed E-state index contributed by atoms with van der Waals surface area (Å²) < 4.78 is 30.7. The monoisotopic (exact) mass is 375 g/mol. The van der Waals surface area contributed by atoms with Crippen LogP contribution in [0.4, 0.5) is 21.5 Å². The largest absolute Gasteiger partial charge is 0.495 e. The lowest BCUT2D eigenvalue weighted by Gasteiger charge is -2.15. The van der Waals surface area contributed by atoms with Gasteiger partial charge in [0.15, 0.2) is 11.5 Å². The molecule has 1 atom stereocenters. The molecule has 0 saturated carbocycles. The summed E-state index contributed by atoms with van der Waals surface area (Å²) >= 11 is 5.95. The number of halogens is 2. The predicted molar refractivity (Wildman–Crippen MR) is 98.1 cm³/mol. The second kappa shape index (κ2) is 6.10. The van der Waals surface area contributed by atoms with Crippen LogP contribution < -0.4 is 25.3 Å². The summed E-state index contributed by atoms with van der Waals surface area (Å²) in [6.45, 7) is 1.79. The lowest BCUT2D eigenvalue weighted by atomic mass is 10.1. The van der Waals surface area contributed by atoms with Crippen LogP contribution in [0.15, 0.2) is 30.5 Å². The molecule has 0 amide bonds. The van der Waals surface area contributed by atoms with E-state index in [-0.39, 0.29) is 17.0 Å². The molecule has 0 aliphatic carbocycles. The Hall–Kier alpha value is -2.93. The Kier molecular flexibility index (Phi) is 3.88. The van der Waals surface area contributed by atoms with Crippen molar-refractivity contribution >= 4 is 39.6 Å². The van der Waals surface area contributed by atoms with Gasteiger partial charge in [0.2, 0.25) is 6.29 Å². The maximum Gasteiger partial charge on any atom is 0.238 e. The molecule has 0 spiro atoms. The zero-order valence-electron chi connectivity index (χ0n) is 14.0. The molecule has 26 heavy (non-hydrogen) atoms. The molecule has 1 aliphatic rings. The minimum Gasteiger partial charge on any atom is -0.495 e. The van der Waals surface area contributed by atoms with Gasteiger partial charge in [0.25, 0.3) is 0 Å². The minimum absolute atomic E-state index is 0.177. The van der Waals surface area contributed by atoms with Gasteiger partial charge in [-0.3, -0.25) is 4.98 Å². The molecule has 0 fully saturated rings. The number of fused-ring (bicyclic) bond motifs is 2. The van der Waals surface area contributed by atoms with Gasteiger partial charge in [0.05, 0.1) is 40.9 Å². The summed E-state index contributed by atoms with van der Waals surface area (Å²) in [4.78, 5) is 4.32. The van der Waals surface area contributed by atoms with Crippen molar-refractivity contribution in [1.82, 2.24) is 4.98 Å². The molecular formula is C18H15ClFN3O3. The van der Waals surface area contributed by atoms with E-state index in [9.17, 15) is 4.39 Å². The van der Waals surface area contributed by atoms with Crippen molar-refractivity contribution in [2.45, 2.75) is 13.2 Å². The predicted octanol–water partition coefficient (Wildman–Crippen LogP) is 4.48. The summed E-state index contributed by atoms with van der Waals surface area (Å²) in [7, 11) is 1.46. The van der Waals surface area contributed by atoms with Crippen molar-refractivity contribution in [1.29, 1.82) is 0 Å². The molecule has 1 aliphatic heterocycles. The molecule has 1 unspecified atom stereocenters. The highest BCUT2D eigenvalue weighted by Crippen LogP contribution is 2.42. The number of pyridine rings is 1. The number of ether oxygens (including phenoxy) is 3. The zero-order chi connectivity index (χ0) is 18.4. The minimum atomic E-state index is -0.533. The number of nitrogen functional groups attached to an aromatic ring is 1. The van der Waals surface area contributed by atoms with Gasteiger partial charge in [-0.25, -0.2) is 4.39 Å². The Labute approximate surface area is 153 Å². The lowest BCUT2D eigenvalue weighted by molar-refractivity contribution is 0.0679. The average molecular weight is 376 g/mol. The van der Waals surface area contributed by atoms with Gasteiger partial charge < -0.3 is 25.3 Å². The third-order valence-electron chi connectivity index (χ3n) is 4.05. The van der Waals surface area contributed by atoms with E-state index in [1.165, 1.54) is 25.4 Å². The van der Waals surface area contributed by atoms with Crippen LogP contribution in [0.3, 0.4) is 0 Å². The molecule has 134 valence electrons. The van der Waals surface area contributed by atoms with E-state index < -0.39 is 5.82 Å². The quantitative estimate of drug-likeness (QED) is 0.702. The number of rotatable bonds is 3. The van der Waals surface area contributed by atoms with E-state index >= 15 is 0 Å². The average Bonchev–Trinajstić information content (AvgIpc) is 2.96. The van der Waals surface area contributed by atoms with E-state index in [1.807, 2.05) is 0 Å². The number of nitrogens with two attached hydrogens (primary N) is 1. The lowest BCUT2D eigenvalue weighted by Crippen LogP contribution is -2.11. The first-order valence-corrected chi connectivity index (χ1v) is 8.19. The first-order chi connectivity index (χ1) is 12.5. The Bertz CT molecular complexity index is 1030. The fourth-order valence-corrected chi connectivity index (χ4v) is 3.06. The second-order valence-electron chi connectivity index (χ2n) is 5.80. The molecule has 8 heteroatoms. The van der Waals surface area contributed by atoms with Crippen LogP contribution >= 0.6 is 11.6 Å². The van der Waals surface area contributed by atoms with Gasteiger partial charge in [-0.2, -0.15) is 0 Å². The van der Waals surface area contributed by atoms with Crippen LogP contribution in [-0.4, -0.2) is 18.4 Å².